The summed E-state index contributed by atoms with van der Waals surface area (Å²) in [5.41, 5.74) is 12.5. The molecule has 0 unspecified atom stereocenters. The Labute approximate surface area is 275 Å². The van der Waals surface area contributed by atoms with Crippen molar-refractivity contribution in [2.75, 3.05) is 38.1 Å². The molecule has 3 aromatic carbocycles. The maximum Gasteiger partial charge on any atom is 0.412 e. The third-order valence-electron chi connectivity index (χ3n) is 8.51. The molecule has 1 aliphatic heterocycles. The molecule has 7 nitrogen and oxygen atoms in total. The molecule has 0 saturated carbocycles. The smallest absolute Gasteiger partial charge is 0.412 e. The molecule has 242 valence electrons. The Balaban J connectivity index is 1.25. The molecule has 1 fully saturated rings. The molecule has 2 amide bonds. The lowest BCUT2D eigenvalue weighted by atomic mass is 9.96. The highest BCUT2D eigenvalue weighted by atomic mass is 28.3. The first kappa shape index (κ1) is 33.3. The van der Waals surface area contributed by atoms with Crippen LogP contribution in [0.2, 0.25) is 19.6 Å². The number of nitrogens with one attached hydrogen (secondary N) is 1. The number of rotatable bonds is 5. The van der Waals surface area contributed by atoms with Gasteiger partial charge in [0, 0.05) is 44.2 Å². The number of anilines is 1. The van der Waals surface area contributed by atoms with Crippen LogP contribution in [0.3, 0.4) is 0 Å². The van der Waals surface area contributed by atoms with E-state index >= 15 is 0 Å². The van der Waals surface area contributed by atoms with Gasteiger partial charge >= 0.3 is 12.2 Å². The summed E-state index contributed by atoms with van der Waals surface area (Å²) in [7, 11) is -1.62. The first-order valence-corrected chi connectivity index (χ1v) is 19.7. The molecular weight excluding hydrogens is 591 g/mol. The zero-order valence-corrected chi connectivity index (χ0v) is 29.5. The van der Waals surface area contributed by atoms with Crippen LogP contribution in [-0.4, -0.2) is 68.4 Å². The van der Waals surface area contributed by atoms with Crippen molar-refractivity contribution in [1.29, 1.82) is 0 Å². The molecule has 8 heteroatoms. The molecule has 2 aliphatic rings. The minimum absolute atomic E-state index is 0.0453. The summed E-state index contributed by atoms with van der Waals surface area (Å²) in [6.07, 6.45) is -0.738. The van der Waals surface area contributed by atoms with Crippen molar-refractivity contribution in [1.82, 2.24) is 9.80 Å². The largest absolute Gasteiger partial charge is 0.448 e. The highest BCUT2D eigenvalue weighted by Crippen LogP contribution is 2.44. The predicted molar refractivity (Wildman–Crippen MR) is 188 cm³/mol. The quantitative estimate of drug-likeness (QED) is 0.227. The standard InChI is InChI=1S/C38H47N3O4Si/c1-26-28(17-22-46(6,7)8)23-29(27(2)35(26)39-36(42)45-38(3,4)5)24-40-18-20-41(21-19-40)37(43)44-25-34-32-15-11-9-13-30(32)31-14-10-12-16-33(31)34/h9-16,23,34H,18-21,24-25H2,1-8H3,(H,39,42). The number of amides is 2. The highest BCUT2D eigenvalue weighted by Gasteiger charge is 2.31. The summed E-state index contributed by atoms with van der Waals surface area (Å²) < 4.78 is 11.5. The van der Waals surface area contributed by atoms with Gasteiger partial charge in [-0.15, -0.1) is 5.54 Å². The maximum atomic E-state index is 13.2. The highest BCUT2D eigenvalue weighted by molar-refractivity contribution is 6.83. The van der Waals surface area contributed by atoms with Crippen molar-refractivity contribution >= 4 is 25.9 Å². The van der Waals surface area contributed by atoms with Gasteiger partial charge in [0.05, 0.1) is 5.69 Å². The molecule has 3 aromatic rings. The van der Waals surface area contributed by atoms with E-state index in [2.05, 4.69) is 83.8 Å². The van der Waals surface area contributed by atoms with Crippen molar-refractivity contribution in [2.24, 2.45) is 0 Å². The van der Waals surface area contributed by atoms with Gasteiger partial charge in [0.15, 0.2) is 0 Å². The zero-order valence-electron chi connectivity index (χ0n) is 28.5. The van der Waals surface area contributed by atoms with Gasteiger partial charge < -0.3 is 14.4 Å². The van der Waals surface area contributed by atoms with E-state index in [0.717, 1.165) is 41.0 Å². The third kappa shape index (κ3) is 7.83. The molecule has 0 atom stereocenters. The molecule has 0 radical (unpaired) electrons. The predicted octanol–water partition coefficient (Wildman–Crippen LogP) is 7.95. The first-order chi connectivity index (χ1) is 21.7. The zero-order chi connectivity index (χ0) is 33.2. The maximum absolute atomic E-state index is 13.2. The van der Waals surface area contributed by atoms with Gasteiger partial charge in [-0.2, -0.15) is 0 Å². The van der Waals surface area contributed by atoms with Gasteiger partial charge in [-0.3, -0.25) is 10.2 Å². The van der Waals surface area contributed by atoms with E-state index < -0.39 is 19.8 Å². The van der Waals surface area contributed by atoms with E-state index in [4.69, 9.17) is 9.47 Å². The summed E-state index contributed by atoms with van der Waals surface area (Å²) in [5.74, 6) is 3.47. The Morgan fingerprint density at radius 2 is 1.50 bits per heavy atom. The van der Waals surface area contributed by atoms with Crippen molar-refractivity contribution in [3.8, 4) is 22.6 Å². The lowest BCUT2D eigenvalue weighted by Gasteiger charge is -2.35. The summed E-state index contributed by atoms with van der Waals surface area (Å²) in [6.45, 7) is 19.9. The lowest BCUT2D eigenvalue weighted by molar-refractivity contribution is 0.0635. The average molecular weight is 638 g/mol. The second-order valence-electron chi connectivity index (χ2n) is 14.4. The fraction of sp³-hybridized carbons (Fsp3) is 0.421. The number of hydrogen-bond acceptors (Lipinski definition) is 5. The fourth-order valence-electron chi connectivity index (χ4n) is 6.12. The molecule has 5 rings (SSSR count). The summed E-state index contributed by atoms with van der Waals surface area (Å²) >= 11 is 0. The number of fused-ring (bicyclic) bond motifs is 3. The fourth-order valence-corrected chi connectivity index (χ4v) is 6.63. The van der Waals surface area contributed by atoms with Gasteiger partial charge in [-0.25, -0.2) is 9.59 Å². The number of ether oxygens (including phenoxy) is 2. The Bertz CT molecular complexity index is 1640. The van der Waals surface area contributed by atoms with E-state index in [0.29, 0.717) is 26.2 Å². The van der Waals surface area contributed by atoms with Crippen molar-refractivity contribution in [2.45, 2.75) is 72.3 Å². The topological polar surface area (TPSA) is 71.1 Å². The van der Waals surface area contributed by atoms with Crippen LogP contribution in [0.1, 0.15) is 60.1 Å². The van der Waals surface area contributed by atoms with Crippen LogP contribution in [0, 0.1) is 25.3 Å². The van der Waals surface area contributed by atoms with E-state index in [-0.39, 0.29) is 12.0 Å². The molecule has 1 heterocycles. The monoisotopic (exact) mass is 637 g/mol. The summed E-state index contributed by atoms with van der Waals surface area (Å²) in [4.78, 5) is 30.2. The van der Waals surface area contributed by atoms with Crippen molar-refractivity contribution < 1.29 is 19.1 Å². The minimum atomic E-state index is -1.62. The van der Waals surface area contributed by atoms with Gasteiger partial charge in [-0.05, 0) is 79.6 Å². The van der Waals surface area contributed by atoms with Crippen LogP contribution in [0.25, 0.3) is 11.1 Å². The average Bonchev–Trinajstić information content (AvgIpc) is 3.31. The van der Waals surface area contributed by atoms with Gasteiger partial charge in [0.25, 0.3) is 0 Å². The van der Waals surface area contributed by atoms with E-state index in [9.17, 15) is 9.59 Å². The van der Waals surface area contributed by atoms with Gasteiger partial charge in [0.1, 0.15) is 20.3 Å². The SMILES string of the molecule is Cc1c(C#C[Si](C)(C)C)cc(CN2CCN(C(=O)OCC3c4ccccc4-c4ccccc43)CC2)c(C)c1NC(=O)OC(C)(C)C. The molecule has 0 spiro atoms. The number of benzene rings is 3. The van der Waals surface area contributed by atoms with E-state index in [1.807, 2.05) is 51.7 Å². The normalized spacial score (nSPS) is 15.0. The van der Waals surface area contributed by atoms with Crippen molar-refractivity contribution in [3.05, 3.63) is 88.0 Å². The van der Waals surface area contributed by atoms with Crippen LogP contribution in [0.4, 0.5) is 15.3 Å². The van der Waals surface area contributed by atoms with Gasteiger partial charge in [-0.1, -0.05) is 74.1 Å². The van der Waals surface area contributed by atoms with Gasteiger partial charge in [0.2, 0.25) is 0 Å². The Hall–Kier alpha value is -4.06. The Morgan fingerprint density at radius 3 is 2.07 bits per heavy atom. The molecule has 1 aliphatic carbocycles. The third-order valence-corrected chi connectivity index (χ3v) is 9.39. The molecule has 0 bridgehead atoms. The number of carbonyl (C=O) groups excluding carboxylic acids is 2. The van der Waals surface area contributed by atoms with Crippen LogP contribution >= 0.6 is 0 Å². The number of hydrogen-bond donors (Lipinski definition) is 1. The molecule has 0 aromatic heterocycles. The van der Waals surface area contributed by atoms with E-state index in [1.54, 1.807) is 0 Å². The minimum Gasteiger partial charge on any atom is -0.448 e. The second-order valence-corrected chi connectivity index (χ2v) is 19.2. The molecule has 1 saturated heterocycles. The number of carbonyl (C=O) groups is 2. The van der Waals surface area contributed by atoms with E-state index in [1.165, 1.54) is 22.3 Å². The molecular formula is C38H47N3O4Si. The summed E-state index contributed by atoms with van der Waals surface area (Å²) in [5, 5.41) is 3.02. The first-order valence-electron chi connectivity index (χ1n) is 16.2. The van der Waals surface area contributed by atoms with Crippen molar-refractivity contribution in [3.63, 3.8) is 0 Å². The van der Waals surface area contributed by atoms with Crippen LogP contribution < -0.4 is 5.32 Å². The number of nitrogens with zero attached hydrogens (tertiary/aromatic N) is 2. The summed E-state index contributed by atoms with van der Waals surface area (Å²) in [6, 6.07) is 18.9. The van der Waals surface area contributed by atoms with Crippen LogP contribution in [0.15, 0.2) is 54.6 Å². The second kappa shape index (κ2) is 13.3. The molecule has 1 N–H and O–H groups in total. The lowest BCUT2D eigenvalue weighted by Crippen LogP contribution is -2.48. The Kier molecular flexibility index (Phi) is 9.66. The Morgan fingerprint density at radius 1 is 0.913 bits per heavy atom. The molecule has 46 heavy (non-hydrogen) atoms. The van der Waals surface area contributed by atoms with Crippen LogP contribution in [-0.2, 0) is 16.0 Å². The number of piperazine rings is 1. The van der Waals surface area contributed by atoms with Crippen LogP contribution in [0.5, 0.6) is 0 Å².